The van der Waals surface area contributed by atoms with Crippen molar-refractivity contribution in [1.82, 2.24) is 10.2 Å². The first-order valence-electron chi connectivity index (χ1n) is 11.5. The van der Waals surface area contributed by atoms with Crippen molar-refractivity contribution in [3.63, 3.8) is 0 Å². The van der Waals surface area contributed by atoms with Crippen molar-refractivity contribution < 1.29 is 18.0 Å². The highest BCUT2D eigenvalue weighted by Crippen LogP contribution is 2.28. The van der Waals surface area contributed by atoms with Crippen molar-refractivity contribution in [1.29, 1.82) is 0 Å². The highest BCUT2D eigenvalue weighted by Gasteiger charge is 2.31. The van der Waals surface area contributed by atoms with E-state index in [9.17, 15) is 18.0 Å². The molecular formula is C25H31Cl2N3O4S. The zero-order chi connectivity index (χ0) is 25.8. The summed E-state index contributed by atoms with van der Waals surface area (Å²) in [7, 11) is -3.84. The van der Waals surface area contributed by atoms with E-state index in [4.69, 9.17) is 23.2 Å². The number of amides is 2. The minimum atomic E-state index is -3.84. The van der Waals surface area contributed by atoms with Crippen LogP contribution in [0.15, 0.2) is 42.5 Å². The number of hydrogen-bond donors (Lipinski definition) is 1. The summed E-state index contributed by atoms with van der Waals surface area (Å²) in [5.74, 6) is -0.756. The molecule has 10 heteroatoms. The minimum Gasteiger partial charge on any atom is -0.352 e. The Kier molecular flexibility index (Phi) is 9.07. The number of anilines is 1. The van der Waals surface area contributed by atoms with E-state index in [0.29, 0.717) is 0 Å². The van der Waals surface area contributed by atoms with Crippen molar-refractivity contribution in [3.8, 4) is 0 Å². The van der Waals surface area contributed by atoms with Gasteiger partial charge in [-0.05, 0) is 50.5 Å². The van der Waals surface area contributed by atoms with Crippen LogP contribution in [0.25, 0.3) is 0 Å². The van der Waals surface area contributed by atoms with Crippen molar-refractivity contribution in [3.05, 3.63) is 63.6 Å². The van der Waals surface area contributed by atoms with Gasteiger partial charge >= 0.3 is 0 Å². The average Bonchev–Trinajstić information content (AvgIpc) is 3.30. The van der Waals surface area contributed by atoms with Gasteiger partial charge in [0.25, 0.3) is 0 Å². The number of carbonyl (C=O) groups is 2. The number of hydrogen-bond acceptors (Lipinski definition) is 4. The van der Waals surface area contributed by atoms with E-state index in [1.54, 1.807) is 6.92 Å². The molecule has 0 aliphatic heterocycles. The Morgan fingerprint density at radius 2 is 1.69 bits per heavy atom. The second-order valence-corrected chi connectivity index (χ2v) is 11.8. The van der Waals surface area contributed by atoms with Gasteiger partial charge in [0.1, 0.15) is 12.6 Å². The summed E-state index contributed by atoms with van der Waals surface area (Å²) in [6.07, 6.45) is 4.99. The Labute approximate surface area is 217 Å². The molecular weight excluding hydrogens is 509 g/mol. The molecule has 0 radical (unpaired) electrons. The lowest BCUT2D eigenvalue weighted by molar-refractivity contribution is -0.139. The van der Waals surface area contributed by atoms with Crippen LogP contribution in [-0.4, -0.2) is 50.0 Å². The van der Waals surface area contributed by atoms with Gasteiger partial charge in [-0.2, -0.15) is 0 Å². The Morgan fingerprint density at radius 3 is 2.26 bits per heavy atom. The van der Waals surface area contributed by atoms with E-state index in [2.05, 4.69) is 5.32 Å². The number of halogens is 2. The largest absolute Gasteiger partial charge is 0.352 e. The van der Waals surface area contributed by atoms with E-state index in [1.807, 2.05) is 31.2 Å². The molecule has 1 unspecified atom stereocenters. The van der Waals surface area contributed by atoms with E-state index in [1.165, 1.54) is 23.1 Å². The van der Waals surface area contributed by atoms with Gasteiger partial charge in [-0.3, -0.25) is 13.9 Å². The smallest absolute Gasteiger partial charge is 0.244 e. The number of nitrogens with one attached hydrogen (secondary N) is 1. The molecule has 0 bridgehead atoms. The molecule has 1 atom stereocenters. The van der Waals surface area contributed by atoms with Gasteiger partial charge in [-0.15, -0.1) is 0 Å². The first kappa shape index (κ1) is 27.3. The second-order valence-electron chi connectivity index (χ2n) is 9.04. The van der Waals surface area contributed by atoms with Crippen LogP contribution in [0.1, 0.15) is 43.7 Å². The molecule has 1 fully saturated rings. The van der Waals surface area contributed by atoms with Gasteiger partial charge in [0, 0.05) is 12.6 Å². The molecule has 1 saturated carbocycles. The van der Waals surface area contributed by atoms with Crippen LogP contribution >= 0.6 is 23.2 Å². The SMILES string of the molecule is Cc1ccc(CN(C(=O)CN(c2ccc(Cl)c(Cl)c2)S(C)(=O)=O)C(C)C(=O)NC2CCCC2)cc1. The molecule has 1 aliphatic carbocycles. The van der Waals surface area contributed by atoms with Crippen LogP contribution in [0, 0.1) is 6.92 Å². The van der Waals surface area contributed by atoms with Crippen LogP contribution in [0.3, 0.4) is 0 Å². The van der Waals surface area contributed by atoms with Crippen molar-refractivity contribution in [2.75, 3.05) is 17.1 Å². The fraction of sp³-hybridized carbons (Fsp3) is 0.440. The summed E-state index contributed by atoms with van der Waals surface area (Å²) < 4.78 is 26.2. The Morgan fingerprint density at radius 1 is 1.06 bits per heavy atom. The van der Waals surface area contributed by atoms with E-state index in [-0.39, 0.29) is 34.2 Å². The first-order valence-corrected chi connectivity index (χ1v) is 14.1. The predicted octanol–water partition coefficient (Wildman–Crippen LogP) is 4.54. The predicted molar refractivity (Wildman–Crippen MR) is 140 cm³/mol. The van der Waals surface area contributed by atoms with Gasteiger partial charge in [-0.1, -0.05) is 65.9 Å². The van der Waals surface area contributed by atoms with Gasteiger partial charge in [0.2, 0.25) is 21.8 Å². The Bertz CT molecular complexity index is 1170. The van der Waals surface area contributed by atoms with Crippen LogP contribution in [-0.2, 0) is 26.2 Å². The fourth-order valence-electron chi connectivity index (χ4n) is 4.12. The maximum Gasteiger partial charge on any atom is 0.244 e. The molecule has 0 heterocycles. The maximum atomic E-state index is 13.6. The zero-order valence-corrected chi connectivity index (χ0v) is 22.5. The standard InChI is InChI=1S/C25H31Cl2N3O4S/c1-17-8-10-19(11-9-17)15-29(18(2)25(32)28-20-6-4-5-7-20)24(31)16-30(35(3,33)34)21-12-13-22(26)23(27)14-21/h8-14,18,20H,4-7,15-16H2,1-3H3,(H,28,32). The lowest BCUT2D eigenvalue weighted by atomic mass is 10.1. The third-order valence-electron chi connectivity index (χ3n) is 6.21. The highest BCUT2D eigenvalue weighted by molar-refractivity contribution is 7.92. The van der Waals surface area contributed by atoms with Gasteiger partial charge < -0.3 is 10.2 Å². The minimum absolute atomic E-state index is 0.102. The number of sulfonamides is 1. The number of aryl methyl sites for hydroxylation is 1. The van der Waals surface area contributed by atoms with Crippen LogP contribution in [0.2, 0.25) is 10.0 Å². The van der Waals surface area contributed by atoms with Gasteiger partial charge in [-0.25, -0.2) is 8.42 Å². The molecule has 0 saturated heterocycles. The molecule has 3 rings (SSSR count). The molecule has 0 aromatic heterocycles. The van der Waals surface area contributed by atoms with Crippen LogP contribution < -0.4 is 9.62 Å². The molecule has 2 amide bonds. The molecule has 1 aliphatic rings. The lowest BCUT2D eigenvalue weighted by Crippen LogP contribution is -2.52. The highest BCUT2D eigenvalue weighted by atomic mass is 35.5. The van der Waals surface area contributed by atoms with E-state index < -0.39 is 28.5 Å². The third-order valence-corrected chi connectivity index (χ3v) is 8.09. The molecule has 1 N–H and O–H groups in total. The summed E-state index contributed by atoms with van der Waals surface area (Å²) >= 11 is 12.1. The first-order chi connectivity index (χ1) is 16.5. The number of benzene rings is 2. The Hall–Kier alpha value is -2.29. The number of carbonyl (C=O) groups excluding carboxylic acids is 2. The zero-order valence-electron chi connectivity index (χ0n) is 20.1. The summed E-state index contributed by atoms with van der Waals surface area (Å²) in [4.78, 5) is 28.0. The molecule has 2 aromatic rings. The summed E-state index contributed by atoms with van der Waals surface area (Å²) in [5, 5.41) is 3.48. The molecule has 2 aromatic carbocycles. The molecule has 190 valence electrons. The van der Waals surface area contributed by atoms with E-state index in [0.717, 1.165) is 47.4 Å². The van der Waals surface area contributed by atoms with Crippen LogP contribution in [0.5, 0.6) is 0 Å². The van der Waals surface area contributed by atoms with Crippen molar-refractivity contribution in [2.45, 2.75) is 58.2 Å². The molecule has 7 nitrogen and oxygen atoms in total. The lowest BCUT2D eigenvalue weighted by Gasteiger charge is -2.32. The number of nitrogens with zero attached hydrogens (tertiary/aromatic N) is 2. The average molecular weight is 541 g/mol. The second kappa shape index (κ2) is 11.6. The maximum absolute atomic E-state index is 13.6. The van der Waals surface area contributed by atoms with Crippen LogP contribution in [0.4, 0.5) is 5.69 Å². The van der Waals surface area contributed by atoms with Gasteiger partial charge in [0.15, 0.2) is 0 Å². The summed E-state index contributed by atoms with van der Waals surface area (Å²) in [6.45, 7) is 3.31. The molecule has 35 heavy (non-hydrogen) atoms. The quantitative estimate of drug-likeness (QED) is 0.506. The van der Waals surface area contributed by atoms with Gasteiger partial charge in [0.05, 0.1) is 22.0 Å². The monoisotopic (exact) mass is 539 g/mol. The fourth-order valence-corrected chi connectivity index (χ4v) is 5.25. The third kappa shape index (κ3) is 7.35. The van der Waals surface area contributed by atoms with Crippen molar-refractivity contribution >= 4 is 50.7 Å². The normalized spacial score (nSPS) is 15.0. The summed E-state index contributed by atoms with van der Waals surface area (Å²) in [6, 6.07) is 11.3. The Balaban J connectivity index is 1.88. The molecule has 0 spiro atoms. The van der Waals surface area contributed by atoms with E-state index >= 15 is 0 Å². The topological polar surface area (TPSA) is 86.8 Å². The summed E-state index contributed by atoms with van der Waals surface area (Å²) in [5.41, 5.74) is 2.13. The van der Waals surface area contributed by atoms with Crippen molar-refractivity contribution in [2.24, 2.45) is 0 Å². The number of rotatable bonds is 9.